The fourth-order valence-electron chi connectivity index (χ4n) is 5.38. The predicted octanol–water partition coefficient (Wildman–Crippen LogP) is 4.07. The fraction of sp³-hybridized carbons (Fsp3) is 0.290. The van der Waals surface area contributed by atoms with E-state index in [1.54, 1.807) is 25.1 Å². The molecule has 1 aromatic heterocycles. The van der Waals surface area contributed by atoms with Crippen LogP contribution >= 0.6 is 0 Å². The van der Waals surface area contributed by atoms with E-state index in [2.05, 4.69) is 15.1 Å². The van der Waals surface area contributed by atoms with E-state index >= 15 is 0 Å². The topological polar surface area (TPSA) is 133 Å². The number of carbonyl (C=O) groups is 5. The largest absolute Gasteiger partial charge is 0.466 e. The highest BCUT2D eigenvalue weighted by Crippen LogP contribution is 2.32. The standard InChI is InChI=1S/C31H29N5O6/c1-3-42-25(37)13-12-23-29(39)36(31(41)34-23)24-11-7-10-21-22(18-33-27(21)24)28(38)30(40)35-16-14-20(15-17-35)26(32-2)19-8-5-4-6-9-19/h4-11,18,23,33H,3,12-17H2,1H3,(H,34,41)/t23-/m0/s1. The molecule has 5 rings (SSSR count). The van der Waals surface area contributed by atoms with Crippen LogP contribution in [0.3, 0.4) is 0 Å². The van der Waals surface area contributed by atoms with Gasteiger partial charge >= 0.3 is 12.0 Å². The molecule has 2 N–H and O–H groups in total. The van der Waals surface area contributed by atoms with Crippen LogP contribution in [0.4, 0.5) is 10.5 Å². The molecule has 11 heteroatoms. The average Bonchev–Trinajstić information content (AvgIpc) is 3.57. The van der Waals surface area contributed by atoms with Crippen LogP contribution in [0.2, 0.25) is 0 Å². The van der Waals surface area contributed by atoms with Gasteiger partial charge in [-0.05, 0) is 37.8 Å². The van der Waals surface area contributed by atoms with Crippen LogP contribution in [0, 0.1) is 6.57 Å². The number of hydrogen-bond acceptors (Lipinski definition) is 6. The van der Waals surface area contributed by atoms with Crippen molar-refractivity contribution in [3.8, 4) is 0 Å². The first-order valence-electron chi connectivity index (χ1n) is 13.7. The number of urea groups is 1. The molecular formula is C31H29N5O6. The molecule has 0 unspecified atom stereocenters. The number of likely N-dealkylation sites (tertiary alicyclic amines) is 1. The van der Waals surface area contributed by atoms with Crippen LogP contribution in [0.5, 0.6) is 0 Å². The molecule has 0 bridgehead atoms. The Kier molecular flexibility index (Phi) is 8.15. The number of rotatable bonds is 8. The minimum atomic E-state index is -0.891. The molecule has 0 aliphatic carbocycles. The number of amides is 4. The third-order valence-corrected chi connectivity index (χ3v) is 7.48. The quantitative estimate of drug-likeness (QED) is 0.139. The second-order valence-electron chi connectivity index (χ2n) is 9.97. The molecule has 2 aliphatic heterocycles. The maximum absolute atomic E-state index is 13.4. The van der Waals surface area contributed by atoms with E-state index in [-0.39, 0.29) is 30.7 Å². The number of H-pyrrole nitrogens is 1. The maximum Gasteiger partial charge on any atom is 0.329 e. The van der Waals surface area contributed by atoms with E-state index in [4.69, 9.17) is 11.3 Å². The summed E-state index contributed by atoms with van der Waals surface area (Å²) >= 11 is 0. The van der Waals surface area contributed by atoms with Crippen molar-refractivity contribution in [3.05, 3.63) is 82.8 Å². The zero-order valence-corrected chi connectivity index (χ0v) is 23.0. The van der Waals surface area contributed by atoms with Gasteiger partial charge in [0.15, 0.2) is 5.70 Å². The Morgan fingerprint density at radius 1 is 1.05 bits per heavy atom. The number of nitrogens with one attached hydrogen (secondary N) is 2. The van der Waals surface area contributed by atoms with E-state index in [0.29, 0.717) is 42.5 Å². The van der Waals surface area contributed by atoms with Crippen molar-refractivity contribution >= 4 is 51.9 Å². The number of aromatic nitrogens is 1. The smallest absolute Gasteiger partial charge is 0.329 e. The zero-order chi connectivity index (χ0) is 29.8. The number of para-hydroxylation sites is 1. The number of benzene rings is 2. The highest BCUT2D eigenvalue weighted by Gasteiger charge is 2.40. The molecule has 11 nitrogen and oxygen atoms in total. The fourth-order valence-corrected chi connectivity index (χ4v) is 5.38. The molecule has 1 atom stereocenters. The van der Waals surface area contributed by atoms with E-state index in [9.17, 15) is 24.0 Å². The predicted molar refractivity (Wildman–Crippen MR) is 154 cm³/mol. The van der Waals surface area contributed by atoms with Crippen molar-refractivity contribution in [1.29, 1.82) is 0 Å². The number of fused-ring (bicyclic) bond motifs is 1. The van der Waals surface area contributed by atoms with Gasteiger partial charge in [-0.25, -0.2) is 14.5 Å². The molecule has 4 amide bonds. The number of ether oxygens (including phenoxy) is 1. The second kappa shape index (κ2) is 12.1. The van der Waals surface area contributed by atoms with E-state index < -0.39 is 35.6 Å². The molecular weight excluding hydrogens is 538 g/mol. The number of carbonyl (C=O) groups excluding carboxylic acids is 5. The van der Waals surface area contributed by atoms with Crippen LogP contribution < -0.4 is 10.2 Å². The monoisotopic (exact) mass is 567 g/mol. The lowest BCUT2D eigenvalue weighted by Crippen LogP contribution is -2.40. The van der Waals surface area contributed by atoms with Crippen LogP contribution in [0.1, 0.15) is 48.5 Å². The Labute approximate surface area is 241 Å². The number of esters is 1. The molecule has 42 heavy (non-hydrogen) atoms. The SMILES string of the molecule is [C-]#[N+]C(=C1CCN(C(=O)C(=O)c2c[nH]c3c(N4C(=O)N[C@@H](CCC(=O)OCC)C4=O)cccc23)CC1)c1ccccc1. The Morgan fingerprint density at radius 2 is 1.79 bits per heavy atom. The molecule has 3 heterocycles. The Morgan fingerprint density at radius 3 is 2.48 bits per heavy atom. The van der Waals surface area contributed by atoms with Crippen LogP contribution in [0.25, 0.3) is 21.4 Å². The summed E-state index contributed by atoms with van der Waals surface area (Å²) in [5.41, 5.74) is 3.11. The summed E-state index contributed by atoms with van der Waals surface area (Å²) in [6.07, 6.45) is 2.46. The van der Waals surface area contributed by atoms with Crippen molar-refractivity contribution in [2.45, 2.75) is 38.6 Å². The van der Waals surface area contributed by atoms with E-state index in [0.717, 1.165) is 16.0 Å². The van der Waals surface area contributed by atoms with Crippen molar-refractivity contribution in [2.75, 3.05) is 24.6 Å². The molecule has 2 aliphatic rings. The van der Waals surface area contributed by atoms with Crippen molar-refractivity contribution < 1.29 is 28.7 Å². The molecule has 0 radical (unpaired) electrons. The van der Waals surface area contributed by atoms with E-state index in [1.165, 1.54) is 11.1 Å². The average molecular weight is 568 g/mol. The summed E-state index contributed by atoms with van der Waals surface area (Å²) in [6.45, 7) is 10.2. The number of hydrogen-bond donors (Lipinski definition) is 2. The Hall–Kier alpha value is -5.24. The van der Waals surface area contributed by atoms with E-state index in [1.807, 2.05) is 30.3 Å². The molecule has 2 aromatic carbocycles. The third-order valence-electron chi connectivity index (χ3n) is 7.48. The molecule has 214 valence electrons. The van der Waals surface area contributed by atoms with Crippen molar-refractivity contribution in [1.82, 2.24) is 15.2 Å². The number of imide groups is 1. The maximum atomic E-state index is 13.4. The first kappa shape index (κ1) is 28.3. The lowest BCUT2D eigenvalue weighted by molar-refractivity contribution is -0.143. The number of nitrogens with zero attached hydrogens (tertiary/aromatic N) is 3. The van der Waals surface area contributed by atoms with Gasteiger partial charge in [0.1, 0.15) is 6.04 Å². The summed E-state index contributed by atoms with van der Waals surface area (Å²) in [5, 5.41) is 3.00. The first-order valence-corrected chi connectivity index (χ1v) is 13.7. The van der Waals surface area contributed by atoms with Crippen LogP contribution in [-0.2, 0) is 19.1 Å². The zero-order valence-electron chi connectivity index (χ0n) is 23.0. The summed E-state index contributed by atoms with van der Waals surface area (Å²) in [7, 11) is 0. The van der Waals surface area contributed by atoms with Gasteiger partial charge in [-0.15, -0.1) is 0 Å². The number of piperidine rings is 1. The molecule has 2 saturated heterocycles. The molecule has 0 saturated carbocycles. The van der Waals surface area contributed by atoms with Crippen LogP contribution in [-0.4, -0.2) is 65.2 Å². The highest BCUT2D eigenvalue weighted by molar-refractivity contribution is 6.45. The summed E-state index contributed by atoms with van der Waals surface area (Å²) < 4.78 is 4.90. The van der Waals surface area contributed by atoms with Gasteiger partial charge in [-0.2, -0.15) is 0 Å². The lowest BCUT2D eigenvalue weighted by atomic mass is 9.97. The minimum absolute atomic E-state index is 0.0228. The van der Waals surface area contributed by atoms with Crippen LogP contribution in [0.15, 0.2) is 60.3 Å². The summed E-state index contributed by atoms with van der Waals surface area (Å²) in [4.78, 5) is 73.3. The number of aromatic amines is 1. The van der Waals surface area contributed by atoms with Gasteiger partial charge in [-0.3, -0.25) is 19.2 Å². The van der Waals surface area contributed by atoms with Gasteiger partial charge in [0.25, 0.3) is 17.6 Å². The third kappa shape index (κ3) is 5.39. The van der Waals surface area contributed by atoms with Gasteiger partial charge < -0.3 is 19.9 Å². The number of ketones is 1. The van der Waals surface area contributed by atoms with Gasteiger partial charge in [0, 0.05) is 31.1 Å². The molecule has 2 fully saturated rings. The Balaban J connectivity index is 1.31. The normalized spacial score (nSPS) is 16.8. The van der Waals surface area contributed by atoms with Gasteiger partial charge in [0.2, 0.25) is 0 Å². The highest BCUT2D eigenvalue weighted by atomic mass is 16.5. The minimum Gasteiger partial charge on any atom is -0.466 e. The number of anilines is 1. The molecule has 0 spiro atoms. The van der Waals surface area contributed by atoms with Gasteiger partial charge in [-0.1, -0.05) is 48.0 Å². The lowest BCUT2D eigenvalue weighted by Gasteiger charge is -2.28. The summed E-state index contributed by atoms with van der Waals surface area (Å²) in [6, 6.07) is 12.7. The van der Waals surface area contributed by atoms with Crippen molar-refractivity contribution in [2.24, 2.45) is 0 Å². The number of Topliss-reactive ketones (excluding diaryl/α,β-unsaturated/α-hetero) is 1. The van der Waals surface area contributed by atoms with Gasteiger partial charge in [0.05, 0.1) is 29.9 Å². The first-order chi connectivity index (χ1) is 20.3. The Bertz CT molecular complexity index is 1640. The van der Waals surface area contributed by atoms with Crippen molar-refractivity contribution in [3.63, 3.8) is 0 Å². The summed E-state index contributed by atoms with van der Waals surface area (Å²) in [5.74, 6) is -2.34. The second-order valence-corrected chi connectivity index (χ2v) is 9.97. The molecule has 3 aromatic rings.